The fourth-order valence-electron chi connectivity index (χ4n) is 2.68. The highest BCUT2D eigenvalue weighted by molar-refractivity contribution is 5.90. The van der Waals surface area contributed by atoms with Crippen LogP contribution in [-0.2, 0) is 0 Å². The van der Waals surface area contributed by atoms with Gasteiger partial charge in [-0.1, -0.05) is 13.8 Å². The molecule has 152 valence electrons. The van der Waals surface area contributed by atoms with Crippen molar-refractivity contribution < 1.29 is 18.7 Å². The lowest BCUT2D eigenvalue weighted by Gasteiger charge is -2.17. The van der Waals surface area contributed by atoms with Gasteiger partial charge in [-0.3, -0.25) is 0 Å². The number of hydrogen-bond donors (Lipinski definition) is 3. The fourth-order valence-corrected chi connectivity index (χ4v) is 2.68. The molecule has 2 rings (SSSR count). The first-order valence-electron chi connectivity index (χ1n) is 9.47. The number of benzene rings is 2. The van der Waals surface area contributed by atoms with Gasteiger partial charge in [-0.2, -0.15) is 0 Å². The van der Waals surface area contributed by atoms with Crippen LogP contribution in [0.5, 0.6) is 17.2 Å². The smallest absolute Gasteiger partial charge is 0.319 e. The molecule has 3 N–H and O–H groups in total. The van der Waals surface area contributed by atoms with E-state index >= 15 is 0 Å². The third kappa shape index (κ3) is 5.77. The van der Waals surface area contributed by atoms with Gasteiger partial charge in [0.15, 0.2) is 17.3 Å². The van der Waals surface area contributed by atoms with E-state index in [-0.39, 0.29) is 17.5 Å². The van der Waals surface area contributed by atoms with Crippen LogP contribution in [0, 0.1) is 5.82 Å². The molecular weight excluding hydrogens is 361 g/mol. The van der Waals surface area contributed by atoms with E-state index in [9.17, 15) is 9.18 Å². The zero-order valence-electron chi connectivity index (χ0n) is 16.8. The number of amides is 2. The van der Waals surface area contributed by atoms with Crippen LogP contribution < -0.4 is 25.4 Å². The minimum absolute atomic E-state index is 0.0233. The highest BCUT2D eigenvalue weighted by atomic mass is 19.1. The van der Waals surface area contributed by atoms with Crippen molar-refractivity contribution in [2.24, 2.45) is 0 Å². The molecule has 0 aliphatic carbocycles. The van der Waals surface area contributed by atoms with Crippen molar-refractivity contribution in [3.63, 3.8) is 0 Å². The standard InChI is InChI=1S/C21H28FN3O3/c1-5-14(6-2)24-21(26)25-18-13-19(27-4)20(12-17(18)22)28-16-10-8-15(9-11-16)23-7-3/h8-14,23H,5-7H2,1-4H3,(H2,24,25,26). The van der Waals surface area contributed by atoms with Crippen molar-refractivity contribution in [3.8, 4) is 17.2 Å². The maximum atomic E-state index is 14.5. The Kier molecular flexibility index (Phi) is 7.92. The van der Waals surface area contributed by atoms with E-state index in [1.54, 1.807) is 12.1 Å². The van der Waals surface area contributed by atoms with E-state index in [2.05, 4.69) is 16.0 Å². The Labute approximate surface area is 165 Å². The first-order chi connectivity index (χ1) is 13.5. The summed E-state index contributed by atoms with van der Waals surface area (Å²) in [6.07, 6.45) is 1.60. The summed E-state index contributed by atoms with van der Waals surface area (Å²) in [7, 11) is 1.46. The van der Waals surface area contributed by atoms with E-state index in [0.717, 1.165) is 25.1 Å². The van der Waals surface area contributed by atoms with Gasteiger partial charge >= 0.3 is 6.03 Å². The minimum atomic E-state index is -0.611. The monoisotopic (exact) mass is 389 g/mol. The highest BCUT2D eigenvalue weighted by Gasteiger charge is 2.16. The summed E-state index contributed by atoms with van der Waals surface area (Å²) in [5.74, 6) is 0.475. The van der Waals surface area contributed by atoms with Crippen LogP contribution in [0.2, 0.25) is 0 Å². The fraction of sp³-hybridized carbons (Fsp3) is 0.381. The molecule has 28 heavy (non-hydrogen) atoms. The second-order valence-corrected chi connectivity index (χ2v) is 6.25. The number of halogens is 1. The summed E-state index contributed by atoms with van der Waals surface area (Å²) < 4.78 is 25.6. The average molecular weight is 389 g/mol. The van der Waals surface area contributed by atoms with Gasteiger partial charge in [-0.25, -0.2) is 9.18 Å². The van der Waals surface area contributed by atoms with Gasteiger partial charge in [0.05, 0.1) is 12.8 Å². The van der Waals surface area contributed by atoms with Crippen molar-refractivity contribution in [2.75, 3.05) is 24.3 Å². The zero-order chi connectivity index (χ0) is 20.5. The number of carbonyl (C=O) groups excluding carboxylic acids is 1. The molecule has 0 aromatic heterocycles. The van der Waals surface area contributed by atoms with E-state index in [4.69, 9.17) is 9.47 Å². The third-order valence-electron chi connectivity index (χ3n) is 4.29. The van der Waals surface area contributed by atoms with Crippen molar-refractivity contribution in [1.82, 2.24) is 5.32 Å². The first kappa shape index (κ1) is 21.3. The summed E-state index contributed by atoms with van der Waals surface area (Å²) in [6.45, 7) is 6.79. The van der Waals surface area contributed by atoms with Gasteiger partial charge in [-0.15, -0.1) is 0 Å². The summed E-state index contributed by atoms with van der Waals surface area (Å²) >= 11 is 0. The van der Waals surface area contributed by atoms with Gasteiger partial charge in [0.2, 0.25) is 0 Å². The number of methoxy groups -OCH3 is 1. The quantitative estimate of drug-likeness (QED) is 0.539. The molecule has 0 radical (unpaired) electrons. The molecule has 0 unspecified atom stereocenters. The van der Waals surface area contributed by atoms with Gasteiger partial charge < -0.3 is 25.4 Å². The molecule has 0 aliphatic rings. The molecule has 2 aromatic rings. The van der Waals surface area contributed by atoms with E-state index < -0.39 is 11.8 Å². The molecule has 0 heterocycles. The van der Waals surface area contributed by atoms with Gasteiger partial charge in [0.25, 0.3) is 0 Å². The predicted molar refractivity (Wildman–Crippen MR) is 110 cm³/mol. The molecule has 7 heteroatoms. The third-order valence-corrected chi connectivity index (χ3v) is 4.29. The van der Waals surface area contributed by atoms with Crippen molar-refractivity contribution in [3.05, 3.63) is 42.2 Å². The SMILES string of the molecule is CCNc1ccc(Oc2cc(F)c(NC(=O)NC(CC)CC)cc2OC)cc1. The zero-order valence-corrected chi connectivity index (χ0v) is 16.8. The molecule has 6 nitrogen and oxygen atoms in total. The molecule has 0 fully saturated rings. The topological polar surface area (TPSA) is 71.6 Å². The molecule has 0 bridgehead atoms. The Morgan fingerprint density at radius 3 is 2.32 bits per heavy atom. The Balaban J connectivity index is 2.14. The second-order valence-electron chi connectivity index (χ2n) is 6.25. The Hall–Kier alpha value is -2.96. The minimum Gasteiger partial charge on any atom is -0.493 e. The normalized spacial score (nSPS) is 10.5. The van der Waals surface area contributed by atoms with Crippen LogP contribution >= 0.6 is 0 Å². The van der Waals surface area contributed by atoms with Crippen LogP contribution in [0.1, 0.15) is 33.6 Å². The number of carbonyl (C=O) groups is 1. The van der Waals surface area contributed by atoms with Gasteiger partial charge in [0.1, 0.15) is 5.75 Å². The molecule has 0 saturated heterocycles. The van der Waals surface area contributed by atoms with Crippen LogP contribution in [0.3, 0.4) is 0 Å². The maximum absolute atomic E-state index is 14.5. The van der Waals surface area contributed by atoms with Crippen LogP contribution in [0.4, 0.5) is 20.6 Å². The molecule has 0 spiro atoms. The molecule has 0 aliphatic heterocycles. The van der Waals surface area contributed by atoms with Crippen LogP contribution in [0.15, 0.2) is 36.4 Å². The van der Waals surface area contributed by atoms with Crippen LogP contribution in [-0.4, -0.2) is 25.7 Å². The summed E-state index contributed by atoms with van der Waals surface area (Å²) in [5, 5.41) is 8.52. The van der Waals surface area contributed by atoms with Gasteiger partial charge in [-0.05, 0) is 44.0 Å². The lowest BCUT2D eigenvalue weighted by atomic mass is 10.2. The Morgan fingerprint density at radius 2 is 1.75 bits per heavy atom. The highest BCUT2D eigenvalue weighted by Crippen LogP contribution is 2.36. The Bertz CT molecular complexity index is 777. The number of nitrogens with one attached hydrogen (secondary N) is 3. The maximum Gasteiger partial charge on any atom is 0.319 e. The number of ether oxygens (including phenoxy) is 2. The van der Waals surface area contributed by atoms with Crippen molar-refractivity contribution in [2.45, 2.75) is 39.7 Å². The summed E-state index contributed by atoms with van der Waals surface area (Å²) in [5.41, 5.74) is 0.992. The number of hydrogen-bond acceptors (Lipinski definition) is 4. The number of anilines is 2. The predicted octanol–water partition coefficient (Wildman–Crippen LogP) is 5.37. The van der Waals surface area contributed by atoms with E-state index in [1.165, 1.54) is 19.2 Å². The summed E-state index contributed by atoms with van der Waals surface area (Å²) in [6, 6.07) is 9.50. The average Bonchev–Trinajstić information content (AvgIpc) is 2.69. The lowest BCUT2D eigenvalue weighted by Crippen LogP contribution is -2.37. The molecule has 0 saturated carbocycles. The number of rotatable bonds is 9. The largest absolute Gasteiger partial charge is 0.493 e. The van der Waals surface area contributed by atoms with Gasteiger partial charge in [0, 0.05) is 30.4 Å². The molecule has 2 aromatic carbocycles. The molecular formula is C21H28FN3O3. The summed E-state index contributed by atoms with van der Waals surface area (Å²) in [4.78, 5) is 12.1. The Morgan fingerprint density at radius 1 is 1.07 bits per heavy atom. The molecule has 0 atom stereocenters. The number of urea groups is 1. The van der Waals surface area contributed by atoms with Crippen LogP contribution in [0.25, 0.3) is 0 Å². The van der Waals surface area contributed by atoms with Crippen molar-refractivity contribution in [1.29, 1.82) is 0 Å². The van der Waals surface area contributed by atoms with Crippen molar-refractivity contribution >= 4 is 17.4 Å². The second kappa shape index (κ2) is 10.4. The van der Waals surface area contributed by atoms with E-state index in [1.807, 2.05) is 32.9 Å². The first-order valence-corrected chi connectivity index (χ1v) is 9.47. The lowest BCUT2D eigenvalue weighted by molar-refractivity contribution is 0.247. The van der Waals surface area contributed by atoms with E-state index in [0.29, 0.717) is 11.5 Å². The molecule has 2 amide bonds.